The molecule has 10 heteroatoms. The summed E-state index contributed by atoms with van der Waals surface area (Å²) in [7, 11) is 1.72. The summed E-state index contributed by atoms with van der Waals surface area (Å²) in [6, 6.07) is 10.4. The van der Waals surface area contributed by atoms with Gasteiger partial charge in [-0.05, 0) is 24.6 Å². The summed E-state index contributed by atoms with van der Waals surface area (Å²) in [6.45, 7) is -0.294. The fourth-order valence-corrected chi connectivity index (χ4v) is 3.58. The Labute approximate surface area is 176 Å². The van der Waals surface area contributed by atoms with Crippen molar-refractivity contribution in [1.29, 1.82) is 5.26 Å². The molecule has 1 unspecified atom stereocenters. The first-order chi connectivity index (χ1) is 15.0. The van der Waals surface area contributed by atoms with Crippen LogP contribution in [0.4, 0.5) is 5.69 Å². The standard InChI is InChI=1S/C21H18N6O4/c1-27-20-12(19(26-27)13-7-8-17(28)25-21(13)30)4-2-6-16(20)31-11-18(29)24-14-5-3-9-23-15(14)10-22/h2-6,9,13H,7-8,11H2,1H3,(H,24,29)(H,25,28,30). The highest BCUT2D eigenvalue weighted by molar-refractivity contribution is 6.03. The molecule has 4 rings (SSSR count). The van der Waals surface area contributed by atoms with Crippen molar-refractivity contribution in [2.75, 3.05) is 11.9 Å². The topological polar surface area (TPSA) is 139 Å². The first kappa shape index (κ1) is 20.0. The number of carbonyl (C=O) groups is 3. The summed E-state index contributed by atoms with van der Waals surface area (Å²) >= 11 is 0. The number of nitrogens with one attached hydrogen (secondary N) is 2. The van der Waals surface area contributed by atoms with Crippen LogP contribution >= 0.6 is 0 Å². The highest BCUT2D eigenvalue weighted by atomic mass is 16.5. The molecule has 0 radical (unpaired) electrons. The maximum absolute atomic E-state index is 12.3. The second-order valence-electron chi connectivity index (χ2n) is 7.01. The smallest absolute Gasteiger partial charge is 0.262 e. The van der Waals surface area contributed by atoms with Crippen LogP contribution in [0.1, 0.15) is 30.1 Å². The van der Waals surface area contributed by atoms with Crippen molar-refractivity contribution < 1.29 is 19.1 Å². The monoisotopic (exact) mass is 418 g/mol. The number of nitriles is 1. The van der Waals surface area contributed by atoms with Gasteiger partial charge in [-0.25, -0.2) is 4.98 Å². The van der Waals surface area contributed by atoms with Crippen molar-refractivity contribution in [2.45, 2.75) is 18.8 Å². The molecule has 0 saturated carbocycles. The quantitative estimate of drug-likeness (QED) is 0.597. The minimum atomic E-state index is -0.532. The number of benzene rings is 1. The number of rotatable bonds is 5. The molecule has 2 N–H and O–H groups in total. The molecule has 3 amide bonds. The Hall–Kier alpha value is -4.26. The number of para-hydroxylation sites is 1. The van der Waals surface area contributed by atoms with Gasteiger partial charge in [-0.15, -0.1) is 0 Å². The van der Waals surface area contributed by atoms with E-state index in [0.29, 0.717) is 34.5 Å². The number of nitrogens with zero attached hydrogens (tertiary/aromatic N) is 4. The van der Waals surface area contributed by atoms with Crippen LogP contribution in [-0.4, -0.2) is 39.1 Å². The Morgan fingerprint density at radius 1 is 1.35 bits per heavy atom. The molecule has 0 aliphatic carbocycles. The SMILES string of the molecule is Cn1nc(C2CCC(=O)NC2=O)c2cccc(OCC(=O)Nc3cccnc3C#N)c21. The van der Waals surface area contributed by atoms with Crippen LogP contribution in [0.15, 0.2) is 36.5 Å². The Morgan fingerprint density at radius 3 is 2.97 bits per heavy atom. The van der Waals surface area contributed by atoms with Crippen LogP contribution in [0.5, 0.6) is 5.75 Å². The molecule has 1 fully saturated rings. The lowest BCUT2D eigenvalue weighted by atomic mass is 9.93. The van der Waals surface area contributed by atoms with Crippen molar-refractivity contribution in [2.24, 2.45) is 7.05 Å². The van der Waals surface area contributed by atoms with Gasteiger partial charge in [0.2, 0.25) is 11.8 Å². The maximum atomic E-state index is 12.3. The van der Waals surface area contributed by atoms with Gasteiger partial charge in [-0.1, -0.05) is 12.1 Å². The molecule has 1 atom stereocenters. The number of anilines is 1. The number of aromatic nitrogens is 3. The van der Waals surface area contributed by atoms with Gasteiger partial charge in [0.15, 0.2) is 12.3 Å². The molecule has 3 aromatic rings. The Kier molecular flexibility index (Phi) is 5.32. The van der Waals surface area contributed by atoms with Crippen molar-refractivity contribution in [3.05, 3.63) is 47.9 Å². The summed E-state index contributed by atoms with van der Waals surface area (Å²) in [5.41, 5.74) is 1.61. The number of hydrogen-bond acceptors (Lipinski definition) is 7. The van der Waals surface area contributed by atoms with E-state index in [-0.39, 0.29) is 30.5 Å². The maximum Gasteiger partial charge on any atom is 0.262 e. The number of pyridine rings is 1. The molecular weight excluding hydrogens is 400 g/mol. The fourth-order valence-electron chi connectivity index (χ4n) is 3.58. The second kappa shape index (κ2) is 8.23. The summed E-state index contributed by atoms with van der Waals surface area (Å²) in [6.07, 6.45) is 2.11. The van der Waals surface area contributed by atoms with Crippen molar-refractivity contribution >= 4 is 34.3 Å². The van der Waals surface area contributed by atoms with E-state index >= 15 is 0 Å². The Bertz CT molecular complexity index is 1240. The third kappa shape index (κ3) is 3.93. The van der Waals surface area contributed by atoms with Crippen LogP contribution in [0.3, 0.4) is 0 Å². The van der Waals surface area contributed by atoms with Crippen LogP contribution in [0, 0.1) is 11.3 Å². The van der Waals surface area contributed by atoms with Crippen LogP contribution < -0.4 is 15.4 Å². The van der Waals surface area contributed by atoms with Gasteiger partial charge in [0.1, 0.15) is 17.3 Å². The van der Waals surface area contributed by atoms with Crippen LogP contribution in [0.2, 0.25) is 0 Å². The molecule has 31 heavy (non-hydrogen) atoms. The first-order valence-electron chi connectivity index (χ1n) is 9.55. The number of fused-ring (bicyclic) bond motifs is 1. The molecule has 2 aromatic heterocycles. The third-order valence-electron chi connectivity index (χ3n) is 4.97. The van der Waals surface area contributed by atoms with Gasteiger partial charge in [0.25, 0.3) is 5.91 Å². The summed E-state index contributed by atoms with van der Waals surface area (Å²) in [5, 5.41) is 19.2. The Morgan fingerprint density at radius 2 is 2.19 bits per heavy atom. The molecule has 1 aliphatic rings. The molecule has 1 saturated heterocycles. The minimum Gasteiger partial charge on any atom is -0.481 e. The van der Waals surface area contributed by atoms with Crippen molar-refractivity contribution in [1.82, 2.24) is 20.1 Å². The van der Waals surface area contributed by atoms with Crippen LogP contribution in [0.25, 0.3) is 10.9 Å². The molecule has 10 nitrogen and oxygen atoms in total. The average molecular weight is 418 g/mol. The van der Waals surface area contributed by atoms with Crippen molar-refractivity contribution in [3.8, 4) is 11.8 Å². The predicted molar refractivity (Wildman–Crippen MR) is 109 cm³/mol. The van der Waals surface area contributed by atoms with Crippen molar-refractivity contribution in [3.63, 3.8) is 0 Å². The van der Waals surface area contributed by atoms with Gasteiger partial charge in [-0.3, -0.25) is 24.4 Å². The number of hydrogen-bond donors (Lipinski definition) is 2. The summed E-state index contributed by atoms with van der Waals surface area (Å²) in [4.78, 5) is 40.0. The fraction of sp³-hybridized carbons (Fsp3) is 0.238. The average Bonchev–Trinajstić information content (AvgIpc) is 3.09. The van der Waals surface area contributed by atoms with E-state index in [1.165, 1.54) is 6.20 Å². The zero-order valence-corrected chi connectivity index (χ0v) is 16.6. The van der Waals surface area contributed by atoms with E-state index in [1.54, 1.807) is 36.0 Å². The van der Waals surface area contributed by atoms with E-state index in [4.69, 9.17) is 10.00 Å². The first-order valence-corrected chi connectivity index (χ1v) is 9.55. The number of imide groups is 1. The molecule has 0 bridgehead atoms. The van der Waals surface area contributed by atoms with E-state index in [9.17, 15) is 14.4 Å². The molecule has 1 aliphatic heterocycles. The number of ether oxygens (including phenoxy) is 1. The summed E-state index contributed by atoms with van der Waals surface area (Å²) in [5.74, 6) is -1.21. The predicted octanol–water partition coefficient (Wildman–Crippen LogP) is 1.38. The third-order valence-corrected chi connectivity index (χ3v) is 4.97. The minimum absolute atomic E-state index is 0.110. The van der Waals surface area contributed by atoms with E-state index in [0.717, 1.165) is 0 Å². The lowest BCUT2D eigenvalue weighted by Crippen LogP contribution is -2.39. The van der Waals surface area contributed by atoms with E-state index in [2.05, 4.69) is 20.7 Å². The second-order valence-corrected chi connectivity index (χ2v) is 7.01. The molecule has 3 heterocycles. The Balaban J connectivity index is 1.54. The largest absolute Gasteiger partial charge is 0.481 e. The molecule has 0 spiro atoms. The molecular formula is C21H18N6O4. The zero-order valence-electron chi connectivity index (χ0n) is 16.6. The van der Waals surface area contributed by atoms with Crippen LogP contribution in [-0.2, 0) is 21.4 Å². The normalized spacial score (nSPS) is 15.9. The zero-order chi connectivity index (χ0) is 22.0. The number of amides is 3. The van der Waals surface area contributed by atoms with Gasteiger partial charge in [0.05, 0.1) is 17.3 Å². The number of carbonyl (C=O) groups excluding carboxylic acids is 3. The van der Waals surface area contributed by atoms with E-state index in [1.807, 2.05) is 12.1 Å². The number of piperidine rings is 1. The van der Waals surface area contributed by atoms with Gasteiger partial charge in [-0.2, -0.15) is 10.4 Å². The highest BCUT2D eigenvalue weighted by Crippen LogP contribution is 2.34. The van der Waals surface area contributed by atoms with E-state index < -0.39 is 11.8 Å². The lowest BCUT2D eigenvalue weighted by molar-refractivity contribution is -0.134. The number of aryl methyl sites for hydroxylation is 1. The molecule has 1 aromatic carbocycles. The van der Waals surface area contributed by atoms with Gasteiger partial charge < -0.3 is 10.1 Å². The highest BCUT2D eigenvalue weighted by Gasteiger charge is 2.32. The molecule has 156 valence electrons. The van der Waals surface area contributed by atoms with Gasteiger partial charge in [0, 0.05) is 25.1 Å². The van der Waals surface area contributed by atoms with Gasteiger partial charge >= 0.3 is 0 Å². The summed E-state index contributed by atoms with van der Waals surface area (Å²) < 4.78 is 7.32. The lowest BCUT2D eigenvalue weighted by Gasteiger charge is -2.19.